The van der Waals surface area contributed by atoms with Gasteiger partial charge in [0.25, 0.3) is 0 Å². The van der Waals surface area contributed by atoms with E-state index in [1.165, 1.54) is 11.3 Å². The number of halogens is 2. The first-order chi connectivity index (χ1) is 8.59. The molecule has 0 bridgehead atoms. The molecule has 0 aromatic carbocycles. The monoisotopic (exact) mass is 322 g/mol. The summed E-state index contributed by atoms with van der Waals surface area (Å²) in [7, 11) is 1.92. The van der Waals surface area contributed by atoms with Crippen molar-refractivity contribution in [2.75, 3.05) is 20.1 Å². The lowest BCUT2D eigenvalue weighted by atomic mass is 10.0. The highest BCUT2D eigenvalue weighted by Crippen LogP contribution is 2.29. The Kier molecular flexibility index (Phi) is 6.60. The Morgan fingerprint density at radius 2 is 2.11 bits per heavy atom. The van der Waals surface area contributed by atoms with Crippen LogP contribution in [0.4, 0.5) is 0 Å². The second kappa shape index (κ2) is 7.48. The predicted octanol–water partition coefficient (Wildman–Crippen LogP) is 3.14. The van der Waals surface area contributed by atoms with E-state index >= 15 is 0 Å². The quantitative estimate of drug-likeness (QED) is 0.927. The SMILES string of the molecule is CC(C(=O)N(C)C1CCNCC1)c1ccc(Cl)s1.Cl. The van der Waals surface area contributed by atoms with Gasteiger partial charge in [0.05, 0.1) is 10.3 Å². The molecule has 3 nitrogen and oxygen atoms in total. The van der Waals surface area contributed by atoms with E-state index in [0.717, 1.165) is 35.1 Å². The maximum atomic E-state index is 12.4. The molecule has 0 aliphatic carbocycles. The van der Waals surface area contributed by atoms with Gasteiger partial charge in [0.15, 0.2) is 0 Å². The minimum Gasteiger partial charge on any atom is -0.342 e. The highest BCUT2D eigenvalue weighted by Gasteiger charge is 2.26. The average molecular weight is 323 g/mol. The van der Waals surface area contributed by atoms with E-state index in [2.05, 4.69) is 5.32 Å². The van der Waals surface area contributed by atoms with Crippen LogP contribution >= 0.6 is 35.3 Å². The molecule has 0 radical (unpaired) electrons. The molecule has 1 saturated heterocycles. The average Bonchev–Trinajstić information content (AvgIpc) is 2.84. The largest absolute Gasteiger partial charge is 0.342 e. The van der Waals surface area contributed by atoms with Crippen LogP contribution in [0.1, 0.15) is 30.6 Å². The highest BCUT2D eigenvalue weighted by molar-refractivity contribution is 7.16. The van der Waals surface area contributed by atoms with Gasteiger partial charge in [0.1, 0.15) is 0 Å². The first-order valence-electron chi connectivity index (χ1n) is 6.32. The summed E-state index contributed by atoms with van der Waals surface area (Å²) in [6, 6.07) is 4.18. The van der Waals surface area contributed by atoms with Crippen molar-refractivity contribution in [3.8, 4) is 0 Å². The fourth-order valence-electron chi connectivity index (χ4n) is 2.36. The maximum Gasteiger partial charge on any atom is 0.230 e. The summed E-state index contributed by atoms with van der Waals surface area (Å²) in [6.45, 7) is 3.96. The molecule has 0 spiro atoms. The number of hydrogen-bond acceptors (Lipinski definition) is 3. The zero-order valence-corrected chi connectivity index (χ0v) is 13.6. The fourth-order valence-corrected chi connectivity index (χ4v) is 3.47. The molecule has 19 heavy (non-hydrogen) atoms. The number of thiophene rings is 1. The number of piperidine rings is 1. The minimum absolute atomic E-state index is 0. The summed E-state index contributed by atoms with van der Waals surface area (Å²) in [5, 5.41) is 3.32. The molecule has 1 N–H and O–H groups in total. The molecule has 1 aromatic rings. The van der Waals surface area contributed by atoms with Crippen molar-refractivity contribution in [1.29, 1.82) is 0 Å². The summed E-state index contributed by atoms with van der Waals surface area (Å²) >= 11 is 7.42. The lowest BCUT2D eigenvalue weighted by Crippen LogP contribution is -2.45. The van der Waals surface area contributed by atoms with Crippen molar-refractivity contribution in [2.24, 2.45) is 0 Å². The first kappa shape index (κ1) is 16.8. The number of nitrogens with one attached hydrogen (secondary N) is 1. The van der Waals surface area contributed by atoms with E-state index in [0.29, 0.717) is 6.04 Å². The summed E-state index contributed by atoms with van der Waals surface area (Å²) in [4.78, 5) is 15.4. The van der Waals surface area contributed by atoms with Crippen LogP contribution in [-0.2, 0) is 4.79 Å². The maximum absolute atomic E-state index is 12.4. The van der Waals surface area contributed by atoms with E-state index in [4.69, 9.17) is 11.6 Å². The zero-order valence-electron chi connectivity index (χ0n) is 11.2. The third-order valence-electron chi connectivity index (χ3n) is 3.60. The van der Waals surface area contributed by atoms with Gasteiger partial charge in [0, 0.05) is 18.0 Å². The Morgan fingerprint density at radius 3 is 2.63 bits per heavy atom. The van der Waals surface area contributed by atoms with Crippen molar-refractivity contribution in [1.82, 2.24) is 10.2 Å². The lowest BCUT2D eigenvalue weighted by molar-refractivity contribution is -0.133. The Hall–Kier alpha value is -0.290. The van der Waals surface area contributed by atoms with Crippen LogP contribution in [0.15, 0.2) is 12.1 Å². The minimum atomic E-state index is -0.0950. The van der Waals surface area contributed by atoms with Crippen LogP contribution in [0.25, 0.3) is 0 Å². The molecular formula is C13H20Cl2N2OS. The Labute approximate surface area is 129 Å². The van der Waals surface area contributed by atoms with Crippen molar-refractivity contribution in [2.45, 2.75) is 31.7 Å². The molecule has 2 rings (SSSR count). The molecule has 1 aliphatic heterocycles. The standard InChI is InChI=1S/C13H19ClN2OS.ClH/c1-9(11-3-4-12(14)18-11)13(17)16(2)10-5-7-15-8-6-10;/h3-4,9-10,15H,5-8H2,1-2H3;1H. The third-order valence-corrected chi connectivity index (χ3v) is 5.01. The number of nitrogens with zero attached hydrogens (tertiary/aromatic N) is 1. The summed E-state index contributed by atoms with van der Waals surface area (Å²) < 4.78 is 0.745. The third kappa shape index (κ3) is 4.09. The van der Waals surface area contributed by atoms with E-state index in [1.807, 2.05) is 31.0 Å². The van der Waals surface area contributed by atoms with Crippen molar-refractivity contribution in [3.63, 3.8) is 0 Å². The number of hydrogen-bond donors (Lipinski definition) is 1. The number of carbonyl (C=O) groups excluding carboxylic acids is 1. The molecule has 1 aromatic heterocycles. The molecule has 0 saturated carbocycles. The molecule has 2 heterocycles. The van der Waals surface area contributed by atoms with Crippen LogP contribution in [0.5, 0.6) is 0 Å². The topological polar surface area (TPSA) is 32.3 Å². The second-order valence-electron chi connectivity index (χ2n) is 4.79. The van der Waals surface area contributed by atoms with Crippen LogP contribution < -0.4 is 5.32 Å². The van der Waals surface area contributed by atoms with Gasteiger partial charge in [-0.2, -0.15) is 0 Å². The Bertz CT molecular complexity index is 419. The van der Waals surface area contributed by atoms with Crippen LogP contribution in [0.3, 0.4) is 0 Å². The van der Waals surface area contributed by atoms with Gasteiger partial charge in [-0.1, -0.05) is 11.6 Å². The van der Waals surface area contributed by atoms with E-state index in [-0.39, 0.29) is 24.2 Å². The van der Waals surface area contributed by atoms with Gasteiger partial charge < -0.3 is 10.2 Å². The number of carbonyl (C=O) groups is 1. The summed E-state index contributed by atoms with van der Waals surface area (Å²) in [5.74, 6) is 0.0998. The van der Waals surface area contributed by atoms with Crippen LogP contribution in [0.2, 0.25) is 4.34 Å². The Balaban J connectivity index is 0.00000180. The molecule has 108 valence electrons. The van der Waals surface area contributed by atoms with E-state index < -0.39 is 0 Å². The molecular weight excluding hydrogens is 303 g/mol. The van der Waals surface area contributed by atoms with E-state index in [1.54, 1.807) is 0 Å². The summed E-state index contributed by atoms with van der Waals surface area (Å²) in [6.07, 6.45) is 2.08. The van der Waals surface area contributed by atoms with Crippen molar-refractivity contribution >= 4 is 41.3 Å². The molecule has 6 heteroatoms. The van der Waals surface area contributed by atoms with Gasteiger partial charge in [-0.25, -0.2) is 0 Å². The molecule has 1 aliphatic rings. The second-order valence-corrected chi connectivity index (χ2v) is 6.54. The Morgan fingerprint density at radius 1 is 1.47 bits per heavy atom. The van der Waals surface area contributed by atoms with Crippen molar-refractivity contribution < 1.29 is 4.79 Å². The van der Waals surface area contributed by atoms with Crippen LogP contribution in [0, 0.1) is 0 Å². The van der Waals surface area contributed by atoms with Crippen LogP contribution in [-0.4, -0.2) is 37.0 Å². The van der Waals surface area contributed by atoms with Crippen molar-refractivity contribution in [3.05, 3.63) is 21.3 Å². The zero-order chi connectivity index (χ0) is 13.1. The number of amides is 1. The normalized spacial score (nSPS) is 17.6. The molecule has 1 amide bonds. The van der Waals surface area contributed by atoms with Gasteiger partial charge in [-0.15, -0.1) is 23.7 Å². The number of likely N-dealkylation sites (N-methyl/N-ethyl adjacent to an activating group) is 1. The molecule has 1 fully saturated rings. The predicted molar refractivity (Wildman–Crippen MR) is 83.7 cm³/mol. The smallest absolute Gasteiger partial charge is 0.230 e. The lowest BCUT2D eigenvalue weighted by Gasteiger charge is -2.33. The summed E-state index contributed by atoms with van der Waals surface area (Å²) in [5.41, 5.74) is 0. The molecule has 1 atom stereocenters. The van der Waals surface area contributed by atoms with Gasteiger partial charge in [-0.05, 0) is 45.0 Å². The van der Waals surface area contributed by atoms with Gasteiger partial charge >= 0.3 is 0 Å². The first-order valence-corrected chi connectivity index (χ1v) is 7.51. The molecule has 1 unspecified atom stereocenters. The van der Waals surface area contributed by atoms with Gasteiger partial charge in [-0.3, -0.25) is 4.79 Å². The highest BCUT2D eigenvalue weighted by atomic mass is 35.5. The number of rotatable bonds is 3. The van der Waals surface area contributed by atoms with E-state index in [9.17, 15) is 4.79 Å². The fraction of sp³-hybridized carbons (Fsp3) is 0.615. The van der Waals surface area contributed by atoms with Gasteiger partial charge in [0.2, 0.25) is 5.91 Å².